The summed E-state index contributed by atoms with van der Waals surface area (Å²) in [5.41, 5.74) is -0.495. The number of thiophene rings is 1. The molecule has 0 aliphatic rings. The lowest BCUT2D eigenvalue weighted by Crippen LogP contribution is -2.29. The van der Waals surface area contributed by atoms with Crippen molar-refractivity contribution in [2.24, 2.45) is 0 Å². The molecule has 0 fully saturated rings. The molecule has 0 bridgehead atoms. The number of hydrogen-bond donors (Lipinski definition) is 0. The molecule has 0 aliphatic heterocycles. The molecule has 2 rings (SSSR count). The van der Waals surface area contributed by atoms with E-state index >= 15 is 0 Å². The maximum atomic E-state index is 12.6. The molecule has 120 valence electrons. The fraction of sp³-hybridized carbons (Fsp3) is 0.462. The Morgan fingerprint density at radius 2 is 2.00 bits per heavy atom. The zero-order valence-electron chi connectivity index (χ0n) is 12.1. The van der Waals surface area contributed by atoms with Gasteiger partial charge in [0.15, 0.2) is 5.16 Å². The number of rotatable bonds is 4. The van der Waals surface area contributed by atoms with Crippen LogP contribution in [0.1, 0.15) is 35.3 Å². The van der Waals surface area contributed by atoms with Crippen LogP contribution >= 0.6 is 23.1 Å². The summed E-state index contributed by atoms with van der Waals surface area (Å²) in [5.74, 6) is 0.481. The highest BCUT2D eigenvalue weighted by Crippen LogP contribution is 2.34. The van der Waals surface area contributed by atoms with Gasteiger partial charge in [-0.15, -0.1) is 11.3 Å². The van der Waals surface area contributed by atoms with Gasteiger partial charge in [0.05, 0.1) is 6.54 Å². The molecule has 2 heterocycles. The highest BCUT2D eigenvalue weighted by atomic mass is 32.2. The van der Waals surface area contributed by atoms with Crippen LogP contribution in [0.4, 0.5) is 13.2 Å². The molecule has 0 spiro atoms. The fourth-order valence-electron chi connectivity index (χ4n) is 1.88. The van der Waals surface area contributed by atoms with E-state index in [2.05, 4.69) is 9.97 Å². The van der Waals surface area contributed by atoms with Crippen LogP contribution in [0.5, 0.6) is 0 Å². The van der Waals surface area contributed by atoms with Crippen LogP contribution in [0.3, 0.4) is 0 Å². The van der Waals surface area contributed by atoms with E-state index in [1.165, 1.54) is 22.4 Å². The van der Waals surface area contributed by atoms with Gasteiger partial charge < -0.3 is 0 Å². The molecule has 0 saturated carbocycles. The van der Waals surface area contributed by atoms with Gasteiger partial charge in [-0.25, -0.2) is 9.78 Å². The summed E-state index contributed by atoms with van der Waals surface area (Å²) in [6, 6.07) is 2.41. The molecule has 2 aromatic heterocycles. The van der Waals surface area contributed by atoms with Crippen LogP contribution in [0.15, 0.2) is 22.1 Å². The molecule has 0 aromatic carbocycles. The molecule has 2 aromatic rings. The molecule has 4 nitrogen and oxygen atoms in total. The van der Waals surface area contributed by atoms with Gasteiger partial charge in [0.1, 0.15) is 10.7 Å². The molecule has 9 heteroatoms. The van der Waals surface area contributed by atoms with Crippen molar-refractivity contribution in [2.75, 3.05) is 6.26 Å². The van der Waals surface area contributed by atoms with Gasteiger partial charge >= 0.3 is 11.9 Å². The Labute approximate surface area is 133 Å². The lowest BCUT2D eigenvalue weighted by Gasteiger charge is -2.13. The lowest BCUT2D eigenvalue weighted by atomic mass is 10.2. The molecule has 0 atom stereocenters. The number of halogens is 3. The predicted molar refractivity (Wildman–Crippen MR) is 80.6 cm³/mol. The molecule has 0 aliphatic carbocycles. The first-order chi connectivity index (χ1) is 10.2. The first-order valence-electron chi connectivity index (χ1n) is 6.41. The van der Waals surface area contributed by atoms with Gasteiger partial charge in [-0.3, -0.25) is 4.57 Å². The van der Waals surface area contributed by atoms with Gasteiger partial charge in [0.25, 0.3) is 0 Å². The monoisotopic (exact) mass is 349 g/mol. The van der Waals surface area contributed by atoms with Gasteiger partial charge in [-0.1, -0.05) is 25.6 Å². The van der Waals surface area contributed by atoms with Crippen molar-refractivity contribution in [1.82, 2.24) is 14.5 Å². The average molecular weight is 349 g/mol. The third-order valence-electron chi connectivity index (χ3n) is 2.86. The Balaban J connectivity index is 2.41. The quantitative estimate of drug-likeness (QED) is 0.791. The summed E-state index contributed by atoms with van der Waals surface area (Å²) in [7, 11) is 0. The maximum absolute atomic E-state index is 12.6. The number of nitrogens with zero attached hydrogens (tertiary/aromatic N) is 3. The normalized spacial score (nSPS) is 12.1. The topological polar surface area (TPSA) is 47.8 Å². The molecule has 0 unspecified atom stereocenters. The Bertz CT molecular complexity index is 722. The second-order valence-electron chi connectivity index (χ2n) is 4.86. The fourth-order valence-corrected chi connectivity index (χ4v) is 3.09. The second kappa shape index (κ2) is 6.41. The summed E-state index contributed by atoms with van der Waals surface area (Å²) in [5, 5.41) is 0.368. The summed E-state index contributed by atoms with van der Waals surface area (Å²) < 4.78 is 39.2. The van der Waals surface area contributed by atoms with E-state index in [0.717, 1.165) is 6.07 Å². The minimum absolute atomic E-state index is 0.0383. The predicted octanol–water partition coefficient (Wildman–Crippen LogP) is 3.61. The maximum Gasteiger partial charge on any atom is 0.425 e. The molecule has 0 radical (unpaired) electrons. The smallest absolute Gasteiger partial charge is 0.274 e. The summed E-state index contributed by atoms with van der Waals surface area (Å²) in [6.45, 7) is 3.79. The zero-order valence-corrected chi connectivity index (χ0v) is 13.8. The third-order valence-corrected chi connectivity index (χ3v) is 4.53. The van der Waals surface area contributed by atoms with Crippen molar-refractivity contribution >= 4 is 23.1 Å². The Morgan fingerprint density at radius 1 is 1.32 bits per heavy atom. The number of alkyl halides is 3. The van der Waals surface area contributed by atoms with Crippen LogP contribution in [0, 0.1) is 0 Å². The third kappa shape index (κ3) is 3.70. The van der Waals surface area contributed by atoms with Crippen LogP contribution in [0.2, 0.25) is 0 Å². The van der Waals surface area contributed by atoms with Crippen molar-refractivity contribution in [3.8, 4) is 0 Å². The summed E-state index contributed by atoms with van der Waals surface area (Å²) in [6.07, 6.45) is -2.61. The van der Waals surface area contributed by atoms with Crippen LogP contribution in [-0.4, -0.2) is 20.8 Å². The minimum Gasteiger partial charge on any atom is -0.274 e. The van der Waals surface area contributed by atoms with E-state index in [1.54, 1.807) is 6.26 Å². The van der Waals surface area contributed by atoms with Gasteiger partial charge in [-0.05, 0) is 18.4 Å². The summed E-state index contributed by atoms with van der Waals surface area (Å²) in [4.78, 5) is 20.0. The second-order valence-corrected chi connectivity index (χ2v) is 6.80. The molecular weight excluding hydrogens is 335 g/mol. The van der Waals surface area contributed by atoms with E-state index in [0.29, 0.717) is 27.2 Å². The molecule has 0 saturated heterocycles. The Kier molecular flexibility index (Phi) is 4.96. The Hall–Kier alpha value is -1.35. The van der Waals surface area contributed by atoms with Crippen LogP contribution in [0.25, 0.3) is 0 Å². The van der Waals surface area contributed by atoms with E-state index in [4.69, 9.17) is 0 Å². The molecule has 0 N–H and O–H groups in total. The first-order valence-corrected chi connectivity index (χ1v) is 8.45. The van der Waals surface area contributed by atoms with Crippen molar-refractivity contribution < 1.29 is 13.2 Å². The standard InChI is InChI=1S/C13H14F3N3OS2/c1-7(2)10-17-11(21-3)18-12(20)19(10)6-8-4-5-9(22-8)13(14,15)16/h4-5,7H,6H2,1-3H3. The van der Waals surface area contributed by atoms with Crippen molar-refractivity contribution in [3.05, 3.63) is 38.2 Å². The molecule has 0 amide bonds. The highest BCUT2D eigenvalue weighted by molar-refractivity contribution is 7.98. The number of aromatic nitrogens is 3. The Morgan fingerprint density at radius 3 is 2.50 bits per heavy atom. The van der Waals surface area contributed by atoms with E-state index in [-0.39, 0.29) is 12.5 Å². The number of thioether (sulfide) groups is 1. The minimum atomic E-state index is -4.37. The molecular formula is C13H14F3N3OS2. The number of hydrogen-bond acceptors (Lipinski definition) is 5. The van der Waals surface area contributed by atoms with Crippen LogP contribution < -0.4 is 5.69 Å². The average Bonchev–Trinajstić information content (AvgIpc) is 2.89. The largest absolute Gasteiger partial charge is 0.425 e. The van der Waals surface area contributed by atoms with Gasteiger partial charge in [0, 0.05) is 10.8 Å². The van der Waals surface area contributed by atoms with Crippen molar-refractivity contribution in [3.63, 3.8) is 0 Å². The zero-order chi connectivity index (χ0) is 16.5. The SMILES string of the molecule is CSc1nc(C(C)C)n(Cc2ccc(C(F)(F)F)s2)c(=O)n1. The summed E-state index contributed by atoms with van der Waals surface area (Å²) >= 11 is 1.88. The van der Waals surface area contributed by atoms with Crippen LogP contribution in [-0.2, 0) is 12.7 Å². The lowest BCUT2D eigenvalue weighted by molar-refractivity contribution is -0.134. The van der Waals surface area contributed by atoms with E-state index < -0.39 is 16.7 Å². The van der Waals surface area contributed by atoms with Gasteiger partial charge in [0.2, 0.25) is 0 Å². The van der Waals surface area contributed by atoms with Gasteiger partial charge in [-0.2, -0.15) is 18.2 Å². The van der Waals surface area contributed by atoms with E-state index in [1.807, 2.05) is 13.8 Å². The molecule has 22 heavy (non-hydrogen) atoms. The van der Waals surface area contributed by atoms with E-state index in [9.17, 15) is 18.0 Å². The van der Waals surface area contributed by atoms with Crippen molar-refractivity contribution in [2.45, 2.75) is 37.6 Å². The highest BCUT2D eigenvalue weighted by Gasteiger charge is 2.32. The first kappa shape index (κ1) is 17.0. The van der Waals surface area contributed by atoms with Crippen molar-refractivity contribution in [1.29, 1.82) is 0 Å².